The third-order valence-corrected chi connectivity index (χ3v) is 22.8. The third-order valence-electron chi connectivity index (χ3n) is 18.0. The predicted molar refractivity (Wildman–Crippen MR) is 409 cm³/mol. The van der Waals surface area contributed by atoms with Crippen molar-refractivity contribution in [2.75, 3.05) is 0 Å². The summed E-state index contributed by atoms with van der Waals surface area (Å²) in [7, 11) is -3.24. The van der Waals surface area contributed by atoms with E-state index in [0.29, 0.717) is 22.2 Å². The molecule has 0 saturated carbocycles. The van der Waals surface area contributed by atoms with E-state index in [9.17, 15) is 38.4 Å². The smallest absolute Gasteiger partial charge is 0.268 e. The molecule has 0 fully saturated rings. The molecule has 14 aromatic rings. The first-order valence-electron chi connectivity index (χ1n) is 52.7. The number of benzene rings is 11. The molecule has 0 amide bonds. The maximum Gasteiger partial charge on any atom is 0.268 e. The summed E-state index contributed by atoms with van der Waals surface area (Å²) in [4.78, 5) is 4.96. The van der Waals surface area contributed by atoms with E-state index in [0.717, 1.165) is 71.2 Å². The third kappa shape index (κ3) is 11.4. The number of pyridine rings is 1. The van der Waals surface area contributed by atoms with Crippen molar-refractivity contribution in [3.8, 4) is 62.1 Å². The van der Waals surface area contributed by atoms with Crippen LogP contribution in [-0.2, 0) is 48.1 Å². The van der Waals surface area contributed by atoms with Gasteiger partial charge in [0, 0.05) is 88.1 Å². The molecular formula is C92H84N4OPtSi-2. The summed E-state index contributed by atoms with van der Waals surface area (Å²) in [6.45, 7) is -31.0. The summed E-state index contributed by atoms with van der Waals surface area (Å²) >= 11 is 0. The molecule has 99 heavy (non-hydrogen) atoms. The van der Waals surface area contributed by atoms with Crippen LogP contribution in [-0.4, -0.2) is 22.2 Å². The molecule has 0 spiro atoms. The summed E-state index contributed by atoms with van der Waals surface area (Å²) in [5.74, 6) is 0.313. The van der Waals surface area contributed by atoms with Crippen LogP contribution in [0.1, 0.15) is 188 Å². The zero-order valence-corrected chi connectivity index (χ0v) is 56.3. The summed E-state index contributed by atoms with van der Waals surface area (Å²) < 4.78 is 414. The van der Waals surface area contributed by atoms with Gasteiger partial charge < -0.3 is 13.9 Å². The first-order chi connectivity index (χ1) is 64.8. The minimum atomic E-state index is -4.95. The van der Waals surface area contributed by atoms with Crippen LogP contribution in [0.5, 0.6) is 11.5 Å². The van der Waals surface area contributed by atoms with Gasteiger partial charge in [-0.1, -0.05) is 281 Å². The van der Waals surface area contributed by atoms with Gasteiger partial charge in [-0.3, -0.25) is 4.57 Å². The number of nitrogens with zero attached hydrogens (tertiary/aromatic N) is 4. The fourth-order valence-electron chi connectivity index (χ4n) is 13.3. The fraction of sp³-hybridized carbons (Fsp3) is 0.217. The number of rotatable bonds is 12. The molecule has 2 aliphatic carbocycles. The minimum Gasteiger partial charge on any atom is -0.510 e. The van der Waals surface area contributed by atoms with Crippen LogP contribution in [0.3, 0.4) is 0 Å². The van der Waals surface area contributed by atoms with E-state index in [1.54, 1.807) is 12.3 Å². The Kier molecular flexibility index (Phi) is 8.18. The fourth-order valence-corrected chi connectivity index (χ4v) is 18.1. The molecule has 0 atom stereocenters. The quantitative estimate of drug-likeness (QED) is 0.0529. The van der Waals surface area contributed by atoms with Crippen molar-refractivity contribution >= 4 is 61.7 Å². The Labute approximate surface area is 660 Å². The summed E-state index contributed by atoms with van der Waals surface area (Å²) in [5.41, 5.74) is -33.3. The van der Waals surface area contributed by atoms with Crippen molar-refractivity contribution < 1.29 is 89.3 Å². The molecule has 0 bridgehead atoms. The number of ether oxygens (including phenoxy) is 1. The normalized spacial score (nSPS) is 24.7. The maximum absolute atomic E-state index is 10.6. The Morgan fingerprint density at radius 2 is 1.07 bits per heavy atom. The molecule has 494 valence electrons. The van der Waals surface area contributed by atoms with Crippen LogP contribution in [0, 0.1) is 18.5 Å². The van der Waals surface area contributed by atoms with Gasteiger partial charge in [0.05, 0.1) is 31.8 Å². The largest absolute Gasteiger partial charge is 0.510 e. The summed E-state index contributed by atoms with van der Waals surface area (Å²) in [5, 5.41) is 5.71. The van der Waals surface area contributed by atoms with Gasteiger partial charge in [0.2, 0.25) is 0 Å². The van der Waals surface area contributed by atoms with E-state index < -0.39 is 243 Å². The second-order valence-electron chi connectivity index (χ2n) is 25.3. The van der Waals surface area contributed by atoms with Gasteiger partial charge in [0.15, 0.2) is 8.07 Å². The second kappa shape index (κ2) is 24.8. The van der Waals surface area contributed by atoms with Gasteiger partial charge >= 0.3 is 0 Å². The Balaban J connectivity index is 0.0000152. The molecule has 0 saturated heterocycles. The van der Waals surface area contributed by atoms with Gasteiger partial charge in [-0.2, -0.15) is 18.2 Å². The zero-order chi connectivity index (χ0) is 104. The number of aromatic nitrogens is 4. The molecule has 0 radical (unpaired) electrons. The van der Waals surface area contributed by atoms with Crippen LogP contribution in [0.2, 0.25) is 0 Å². The van der Waals surface area contributed by atoms with E-state index in [2.05, 4.69) is 67.0 Å². The minimum absolute atomic E-state index is 0. The molecule has 0 unspecified atom stereocenters. The molecular weight excluding hydrogens is 1400 g/mol. The van der Waals surface area contributed by atoms with Crippen LogP contribution in [0.25, 0.3) is 83.4 Å². The van der Waals surface area contributed by atoms with Crippen molar-refractivity contribution in [3.63, 3.8) is 0 Å². The van der Waals surface area contributed by atoms with E-state index in [1.165, 1.54) is 24.3 Å². The maximum atomic E-state index is 10.6. The van der Waals surface area contributed by atoms with Crippen molar-refractivity contribution in [2.24, 2.45) is 0 Å². The number of para-hydroxylation sites is 1. The van der Waals surface area contributed by atoms with E-state index in [4.69, 9.17) is 30.3 Å². The summed E-state index contributed by atoms with van der Waals surface area (Å²) in [6, 6.07) is 45.8. The first kappa shape index (κ1) is 32.7. The van der Waals surface area contributed by atoms with E-state index >= 15 is 0 Å². The molecule has 7 heteroatoms. The Bertz CT molecular complexity index is 7100. The molecule has 3 aromatic heterocycles. The molecule has 16 rings (SSSR count). The van der Waals surface area contributed by atoms with Crippen LogP contribution >= 0.6 is 0 Å². The SMILES string of the molecule is [2H]c1c([2H])c([2H])c(-c2ccc3c(c2)n(-c2[c-]c(Oc4[c-]c5c(cc4)c4cc([Si](c6ccccc6)(c6ccccc6)c6ccccc6)ccc4n5-c4cc(C(C)(C)C)ccn4)ccc2)[c-][n+]3-c2c(-c3c([2H])c([2H])c4c(c3[2H])C(C([2H])([2H])[2H])(C([2H])([2H])[2H])C([2H])([2H])C([2H])([2H])C4(C([2H])([2H])[2H])C([2H])([2H])[2H])cccc2-c2c([2H])c([2H])c3c(c2[2H])C(C([2H])([2H])[2H])(C([2H])([2H])[2H])C([2H])([2H])C([2H])([2H])C3(C([2H])([2H])[2H])C([2H])([2H])[2H])c([2H])c1[2H].[Pt]. The standard InChI is InChI=1S/C92H84N4OSi.Pt/c1-88(2,3)66-48-53-93-86(57-66)96-82-47-42-73(98(70-30-18-13-19-31-70,71-32-20-14-21-33-71)72-34-22-15-23-35-72)60-77(82)76-43-41-69(59-84(76)96)97-68-29-24-28-67(58-68)94-61-95(83-46-40-63(56-85(83)94)62-26-16-12-17-27-62)87-74(64-38-44-78-80(54-64)91(8,9)51-49-89(78,4)5)36-25-37-75(87)65-39-45-79-81(55-65)92(10,11)52-50-90(79,6)7;/h12-48,53-57,60H,49-52H2,1-11H3;/q-2;/i4D3,5D3,6D3,7D3,8D3,9D3,10D3,11D3,12D,16D,17D,26D,27D,38D,39D,44D,45D,49D2,50D2,51D2,52D2,54D,55D;. The molecule has 5 nitrogen and oxygen atoms in total. The topological polar surface area (TPSA) is 35.9 Å². The van der Waals surface area contributed by atoms with Crippen LogP contribution in [0.4, 0.5) is 0 Å². The number of fused-ring (bicyclic) bond motifs is 6. The number of imidazole rings is 1. The van der Waals surface area contributed by atoms with Gasteiger partial charge in [-0.25, -0.2) is 4.98 Å². The molecule has 11 aromatic carbocycles. The van der Waals surface area contributed by atoms with E-state index in [-0.39, 0.29) is 49.3 Å². The monoisotopic (exact) mass is 1530 g/mol. The Hall–Kier alpha value is -9.45. The Morgan fingerprint density at radius 3 is 1.65 bits per heavy atom. The second-order valence-corrected chi connectivity index (χ2v) is 29.1. The van der Waals surface area contributed by atoms with Crippen LogP contribution in [0.15, 0.2) is 261 Å². The molecule has 0 aliphatic heterocycles. The molecule has 2 aliphatic rings. The first-order valence-corrected chi connectivity index (χ1v) is 33.2. The van der Waals surface area contributed by atoms with Crippen molar-refractivity contribution in [1.82, 2.24) is 14.1 Å². The van der Waals surface area contributed by atoms with Gasteiger partial charge in [-0.15, -0.1) is 29.7 Å². The zero-order valence-electron chi connectivity index (χ0n) is 96.0. The van der Waals surface area contributed by atoms with Crippen molar-refractivity contribution in [2.45, 2.75) is 128 Å². The predicted octanol–water partition coefficient (Wildman–Crippen LogP) is 20.0. The van der Waals surface area contributed by atoms with Gasteiger partial charge in [0.25, 0.3) is 6.33 Å². The average Bonchev–Trinajstić information content (AvgIpc) is 0.800. The van der Waals surface area contributed by atoms with Crippen LogP contribution < -0.4 is 30.1 Å². The summed E-state index contributed by atoms with van der Waals surface area (Å²) in [6.07, 6.45) is -14.9. The van der Waals surface area contributed by atoms with Gasteiger partial charge in [-0.05, 0) is 170 Å². The number of hydrogen-bond donors (Lipinski definition) is 0. The average molecular weight is 1530 g/mol. The Morgan fingerprint density at radius 1 is 0.505 bits per heavy atom. The van der Waals surface area contributed by atoms with Crippen molar-refractivity contribution in [3.05, 3.63) is 307 Å². The number of hydrogen-bond acceptors (Lipinski definition) is 2. The van der Waals surface area contributed by atoms with Gasteiger partial charge in [0.1, 0.15) is 5.82 Å². The van der Waals surface area contributed by atoms with Crippen molar-refractivity contribution in [1.29, 1.82) is 0 Å². The molecule has 3 heterocycles. The van der Waals surface area contributed by atoms with E-state index in [1.807, 2.05) is 104 Å². The molecule has 0 N–H and O–H groups in total.